The third-order valence-corrected chi connectivity index (χ3v) is 3.10. The topological polar surface area (TPSA) is 38.9 Å². The molecule has 0 aliphatic carbocycles. The highest BCUT2D eigenvalue weighted by atomic mass is 32.2. The first-order valence-corrected chi connectivity index (χ1v) is 5.68. The minimum absolute atomic E-state index is 0.210. The Balaban J connectivity index is 2.24. The summed E-state index contributed by atoms with van der Waals surface area (Å²) in [6, 6.07) is 10.4. The van der Waals surface area contributed by atoms with E-state index in [4.69, 9.17) is 5.73 Å². The quantitative estimate of drug-likeness (QED) is 0.887. The zero-order valence-corrected chi connectivity index (χ0v) is 9.38. The number of aromatic nitrogens is 1. The monoisotopic (exact) mass is 234 g/mol. The Labute approximate surface area is 97.7 Å². The van der Waals surface area contributed by atoms with Crippen LogP contribution in [0.3, 0.4) is 0 Å². The van der Waals surface area contributed by atoms with Crippen LogP contribution in [0.5, 0.6) is 0 Å². The van der Waals surface area contributed by atoms with E-state index >= 15 is 0 Å². The van der Waals surface area contributed by atoms with E-state index in [1.807, 2.05) is 18.2 Å². The zero-order chi connectivity index (χ0) is 11.4. The lowest BCUT2D eigenvalue weighted by Gasteiger charge is -2.03. The first-order valence-electron chi connectivity index (χ1n) is 4.87. The van der Waals surface area contributed by atoms with Crippen LogP contribution in [0.15, 0.2) is 52.4 Å². The van der Waals surface area contributed by atoms with Crippen molar-refractivity contribution in [3.05, 3.63) is 54.1 Å². The Morgan fingerprint density at radius 2 is 2.06 bits per heavy atom. The second kappa shape index (κ2) is 5.09. The van der Waals surface area contributed by atoms with Gasteiger partial charge in [0.05, 0.1) is 5.69 Å². The molecule has 0 aliphatic heterocycles. The fourth-order valence-corrected chi connectivity index (χ4v) is 2.18. The van der Waals surface area contributed by atoms with Gasteiger partial charge in [-0.1, -0.05) is 23.9 Å². The van der Waals surface area contributed by atoms with E-state index in [0.29, 0.717) is 11.4 Å². The van der Waals surface area contributed by atoms with E-state index < -0.39 is 0 Å². The van der Waals surface area contributed by atoms with E-state index in [9.17, 15) is 4.39 Å². The van der Waals surface area contributed by atoms with Crippen LogP contribution in [0.25, 0.3) is 0 Å². The summed E-state index contributed by atoms with van der Waals surface area (Å²) in [5, 5.41) is 0. The van der Waals surface area contributed by atoms with Gasteiger partial charge in [0, 0.05) is 22.5 Å². The second-order valence-corrected chi connectivity index (χ2v) is 4.33. The number of pyridine rings is 1. The molecule has 0 unspecified atom stereocenters. The maximum atomic E-state index is 13.4. The van der Waals surface area contributed by atoms with Crippen molar-refractivity contribution in [1.29, 1.82) is 0 Å². The highest BCUT2D eigenvalue weighted by Crippen LogP contribution is 2.29. The predicted molar refractivity (Wildman–Crippen MR) is 62.7 cm³/mol. The van der Waals surface area contributed by atoms with Crippen molar-refractivity contribution >= 4 is 11.8 Å². The van der Waals surface area contributed by atoms with E-state index in [1.165, 1.54) is 17.8 Å². The SMILES string of the molecule is NCc1cc(Sc2ccccc2F)ccn1. The standard InChI is InChI=1S/C12H11FN2S/c13-11-3-1-2-4-12(11)16-10-5-6-15-9(7-10)8-14/h1-7H,8,14H2. The number of hydrogen-bond acceptors (Lipinski definition) is 3. The number of benzene rings is 1. The fraction of sp³-hybridized carbons (Fsp3) is 0.0833. The summed E-state index contributed by atoms with van der Waals surface area (Å²) in [6.07, 6.45) is 1.69. The molecule has 16 heavy (non-hydrogen) atoms. The van der Waals surface area contributed by atoms with Crippen LogP contribution in [-0.4, -0.2) is 4.98 Å². The predicted octanol–water partition coefficient (Wildman–Crippen LogP) is 2.83. The third kappa shape index (κ3) is 2.59. The summed E-state index contributed by atoms with van der Waals surface area (Å²) in [4.78, 5) is 5.64. The molecule has 2 N–H and O–H groups in total. The van der Waals surface area contributed by atoms with Crippen molar-refractivity contribution < 1.29 is 4.39 Å². The van der Waals surface area contributed by atoms with Gasteiger partial charge in [0.25, 0.3) is 0 Å². The zero-order valence-electron chi connectivity index (χ0n) is 8.56. The van der Waals surface area contributed by atoms with Crippen molar-refractivity contribution in [1.82, 2.24) is 4.98 Å². The number of hydrogen-bond donors (Lipinski definition) is 1. The van der Waals surface area contributed by atoms with Gasteiger partial charge in [0.1, 0.15) is 5.82 Å². The van der Waals surface area contributed by atoms with Gasteiger partial charge in [0.15, 0.2) is 0 Å². The average molecular weight is 234 g/mol. The van der Waals surface area contributed by atoms with Crippen LogP contribution in [0, 0.1) is 5.82 Å². The minimum Gasteiger partial charge on any atom is -0.325 e. The smallest absolute Gasteiger partial charge is 0.137 e. The van der Waals surface area contributed by atoms with Gasteiger partial charge in [-0.25, -0.2) is 4.39 Å². The van der Waals surface area contributed by atoms with Gasteiger partial charge in [-0.15, -0.1) is 0 Å². The number of nitrogens with two attached hydrogens (primary N) is 1. The maximum Gasteiger partial charge on any atom is 0.137 e. The molecular weight excluding hydrogens is 223 g/mol. The molecule has 0 bridgehead atoms. The molecule has 0 saturated heterocycles. The summed E-state index contributed by atoms with van der Waals surface area (Å²) >= 11 is 1.37. The highest BCUT2D eigenvalue weighted by molar-refractivity contribution is 7.99. The molecule has 2 rings (SSSR count). The van der Waals surface area contributed by atoms with E-state index in [-0.39, 0.29) is 5.82 Å². The molecule has 0 fully saturated rings. The molecule has 1 aromatic heterocycles. The lowest BCUT2D eigenvalue weighted by Crippen LogP contribution is -1.98. The van der Waals surface area contributed by atoms with Crippen LogP contribution in [0.2, 0.25) is 0 Å². The number of rotatable bonds is 3. The Hall–Kier alpha value is -1.39. The second-order valence-electron chi connectivity index (χ2n) is 3.22. The molecule has 1 aromatic carbocycles. The van der Waals surface area contributed by atoms with Crippen molar-refractivity contribution in [3.8, 4) is 0 Å². The number of halogens is 1. The lowest BCUT2D eigenvalue weighted by molar-refractivity contribution is 0.602. The van der Waals surface area contributed by atoms with Crippen LogP contribution in [0.4, 0.5) is 4.39 Å². The average Bonchev–Trinajstić information content (AvgIpc) is 2.32. The largest absolute Gasteiger partial charge is 0.325 e. The minimum atomic E-state index is -0.210. The van der Waals surface area contributed by atoms with Crippen LogP contribution < -0.4 is 5.73 Å². The first-order chi connectivity index (χ1) is 7.79. The summed E-state index contributed by atoms with van der Waals surface area (Å²) in [5.74, 6) is -0.210. The summed E-state index contributed by atoms with van der Waals surface area (Å²) in [7, 11) is 0. The highest BCUT2D eigenvalue weighted by Gasteiger charge is 2.03. The molecule has 0 radical (unpaired) electrons. The fourth-order valence-electron chi connectivity index (χ4n) is 1.29. The molecule has 2 nitrogen and oxygen atoms in total. The van der Waals surface area contributed by atoms with Gasteiger partial charge in [-0.2, -0.15) is 0 Å². The van der Waals surface area contributed by atoms with Gasteiger partial charge in [0.2, 0.25) is 0 Å². The Kier molecular flexibility index (Phi) is 3.54. The summed E-state index contributed by atoms with van der Waals surface area (Å²) in [6.45, 7) is 0.395. The Morgan fingerprint density at radius 3 is 2.81 bits per heavy atom. The van der Waals surface area contributed by atoms with Crippen LogP contribution in [0.1, 0.15) is 5.69 Å². The van der Waals surface area contributed by atoms with Gasteiger partial charge >= 0.3 is 0 Å². The van der Waals surface area contributed by atoms with E-state index in [2.05, 4.69) is 4.98 Å². The molecule has 82 valence electrons. The number of nitrogens with zero attached hydrogens (tertiary/aromatic N) is 1. The van der Waals surface area contributed by atoms with Crippen molar-refractivity contribution in [3.63, 3.8) is 0 Å². The van der Waals surface area contributed by atoms with Gasteiger partial charge in [-0.3, -0.25) is 4.98 Å². The molecule has 0 amide bonds. The first kappa shape index (κ1) is 11.1. The van der Waals surface area contributed by atoms with Crippen molar-refractivity contribution in [2.24, 2.45) is 5.73 Å². The maximum absolute atomic E-state index is 13.4. The Morgan fingerprint density at radius 1 is 1.25 bits per heavy atom. The molecule has 0 atom stereocenters. The van der Waals surface area contributed by atoms with Crippen molar-refractivity contribution in [2.45, 2.75) is 16.3 Å². The van der Waals surface area contributed by atoms with E-state index in [1.54, 1.807) is 18.3 Å². The van der Waals surface area contributed by atoms with Crippen LogP contribution >= 0.6 is 11.8 Å². The molecule has 0 saturated carbocycles. The van der Waals surface area contributed by atoms with Gasteiger partial charge in [-0.05, 0) is 24.3 Å². The summed E-state index contributed by atoms with van der Waals surface area (Å²) in [5.41, 5.74) is 6.30. The molecule has 0 aliphatic rings. The molecule has 0 spiro atoms. The normalized spacial score (nSPS) is 10.4. The molecule has 2 aromatic rings. The summed E-state index contributed by atoms with van der Waals surface area (Å²) < 4.78 is 13.4. The molecule has 1 heterocycles. The molecule has 4 heteroatoms. The Bertz CT molecular complexity index is 488. The van der Waals surface area contributed by atoms with Crippen LogP contribution in [-0.2, 0) is 6.54 Å². The lowest BCUT2D eigenvalue weighted by atomic mass is 10.3. The van der Waals surface area contributed by atoms with Crippen molar-refractivity contribution in [2.75, 3.05) is 0 Å². The van der Waals surface area contributed by atoms with E-state index in [0.717, 1.165) is 10.6 Å². The third-order valence-electron chi connectivity index (χ3n) is 2.06. The molecular formula is C12H11FN2S. The van der Waals surface area contributed by atoms with Gasteiger partial charge < -0.3 is 5.73 Å².